The molecule has 0 aliphatic carbocycles. The fraction of sp³-hybridized carbons (Fsp3) is 0.182. The van der Waals surface area contributed by atoms with E-state index in [1.54, 1.807) is 66.7 Å². The van der Waals surface area contributed by atoms with Crippen molar-refractivity contribution in [1.29, 1.82) is 10.5 Å². The van der Waals surface area contributed by atoms with E-state index in [0.717, 1.165) is 0 Å². The van der Waals surface area contributed by atoms with Crippen LogP contribution >= 0.6 is 23.2 Å². The van der Waals surface area contributed by atoms with Crippen LogP contribution in [0.1, 0.15) is 48.9 Å². The van der Waals surface area contributed by atoms with Crippen LogP contribution < -0.4 is 5.56 Å². The SMILES string of the molecule is N#CC(C#N)c1nn([C@@H]2O[C@H](COC(=O)c3ccccc3)[C@@H](OC(=O)c3ccccc3)[C@H]2OC(=O)c2ccccc2)c(=O)c(Cl)c1Cl. The van der Waals surface area contributed by atoms with E-state index >= 15 is 0 Å². The van der Waals surface area contributed by atoms with E-state index in [1.165, 1.54) is 36.4 Å². The zero-order valence-electron chi connectivity index (χ0n) is 24.1. The molecule has 1 fully saturated rings. The first-order valence-electron chi connectivity index (χ1n) is 13.9. The van der Waals surface area contributed by atoms with Crippen molar-refractivity contribution in [1.82, 2.24) is 9.78 Å². The molecule has 1 aromatic heterocycles. The highest BCUT2D eigenvalue weighted by atomic mass is 35.5. The molecule has 0 amide bonds. The van der Waals surface area contributed by atoms with Crippen LogP contribution in [0.5, 0.6) is 0 Å². The van der Waals surface area contributed by atoms with Crippen LogP contribution in [0, 0.1) is 22.7 Å². The van der Waals surface area contributed by atoms with Gasteiger partial charge in [0.05, 0.1) is 33.9 Å². The Hall–Kier alpha value is -5.53. The summed E-state index contributed by atoms with van der Waals surface area (Å²) in [7, 11) is 0. The van der Waals surface area contributed by atoms with Crippen molar-refractivity contribution in [2.24, 2.45) is 0 Å². The molecule has 236 valence electrons. The molecule has 5 rings (SSSR count). The summed E-state index contributed by atoms with van der Waals surface area (Å²) in [6.07, 6.45) is -6.09. The molecule has 0 saturated carbocycles. The molecule has 1 aliphatic rings. The van der Waals surface area contributed by atoms with Crippen molar-refractivity contribution in [2.75, 3.05) is 6.61 Å². The summed E-state index contributed by atoms with van der Waals surface area (Å²) in [6, 6.07) is 27.2. The van der Waals surface area contributed by atoms with E-state index in [1.807, 2.05) is 0 Å². The van der Waals surface area contributed by atoms with Gasteiger partial charge < -0.3 is 18.9 Å². The van der Waals surface area contributed by atoms with Gasteiger partial charge in [-0.2, -0.15) is 20.3 Å². The highest BCUT2D eigenvalue weighted by Gasteiger charge is 2.52. The third-order valence-corrected chi connectivity index (χ3v) is 7.81. The van der Waals surface area contributed by atoms with Crippen molar-refractivity contribution in [2.45, 2.75) is 30.5 Å². The quantitative estimate of drug-likeness (QED) is 0.175. The van der Waals surface area contributed by atoms with Gasteiger partial charge in [0.1, 0.15) is 23.4 Å². The Kier molecular flexibility index (Phi) is 10.3. The first-order valence-corrected chi connectivity index (χ1v) is 14.7. The van der Waals surface area contributed by atoms with Gasteiger partial charge in [-0.1, -0.05) is 77.8 Å². The molecule has 14 heteroatoms. The molecule has 0 spiro atoms. The summed E-state index contributed by atoms with van der Waals surface area (Å²) in [5, 5.41) is 22.1. The molecule has 0 unspecified atom stereocenters. The highest BCUT2D eigenvalue weighted by molar-refractivity contribution is 6.42. The molecule has 3 aromatic carbocycles. The van der Waals surface area contributed by atoms with Crippen molar-refractivity contribution in [3.05, 3.63) is 134 Å². The molecule has 2 heterocycles. The monoisotopic (exact) mass is 672 g/mol. The van der Waals surface area contributed by atoms with Crippen LogP contribution in [-0.4, -0.2) is 52.6 Å². The van der Waals surface area contributed by atoms with Crippen LogP contribution in [0.25, 0.3) is 0 Å². The molecule has 1 aliphatic heterocycles. The first kappa shape index (κ1) is 32.9. The molecule has 12 nitrogen and oxygen atoms in total. The van der Waals surface area contributed by atoms with Crippen LogP contribution in [0.4, 0.5) is 0 Å². The summed E-state index contributed by atoms with van der Waals surface area (Å²) < 4.78 is 23.9. The average Bonchev–Trinajstić information content (AvgIpc) is 3.44. The van der Waals surface area contributed by atoms with Crippen LogP contribution in [0.2, 0.25) is 10.0 Å². The molecule has 1 saturated heterocycles. The topological polar surface area (TPSA) is 171 Å². The second kappa shape index (κ2) is 14.7. The zero-order valence-corrected chi connectivity index (χ0v) is 25.6. The van der Waals surface area contributed by atoms with Crippen molar-refractivity contribution in [3.63, 3.8) is 0 Å². The number of rotatable bonds is 9. The average molecular weight is 673 g/mol. The summed E-state index contributed by atoms with van der Waals surface area (Å²) >= 11 is 12.4. The van der Waals surface area contributed by atoms with Gasteiger partial charge in [-0.3, -0.25) is 4.79 Å². The normalized spacial score (nSPS) is 18.5. The molecule has 4 aromatic rings. The molecule has 47 heavy (non-hydrogen) atoms. The number of benzene rings is 3. The van der Waals surface area contributed by atoms with Crippen LogP contribution in [0.3, 0.4) is 0 Å². The predicted molar refractivity (Wildman–Crippen MR) is 164 cm³/mol. The Balaban J connectivity index is 1.59. The van der Waals surface area contributed by atoms with E-state index in [0.29, 0.717) is 4.68 Å². The van der Waals surface area contributed by atoms with Crippen molar-refractivity contribution in [3.8, 4) is 12.1 Å². The Bertz CT molecular complexity index is 1910. The Morgan fingerprint density at radius 1 is 0.766 bits per heavy atom. The predicted octanol–water partition coefficient (Wildman–Crippen LogP) is 4.89. The minimum Gasteiger partial charge on any atom is -0.459 e. The summed E-state index contributed by atoms with van der Waals surface area (Å²) in [4.78, 5) is 53.0. The van der Waals surface area contributed by atoms with Gasteiger partial charge >= 0.3 is 17.9 Å². The molecule has 0 bridgehead atoms. The summed E-state index contributed by atoms with van der Waals surface area (Å²) in [5.74, 6) is -4.01. The molecular weight excluding hydrogens is 651 g/mol. The number of hydrogen-bond donors (Lipinski definition) is 0. The van der Waals surface area contributed by atoms with Gasteiger partial charge in [0.2, 0.25) is 0 Å². The lowest BCUT2D eigenvalue weighted by molar-refractivity contribution is -0.0694. The van der Waals surface area contributed by atoms with E-state index in [2.05, 4.69) is 5.10 Å². The molecule has 4 atom stereocenters. The second-order valence-electron chi connectivity index (χ2n) is 9.96. The standard InChI is InChI=1S/C33H22Cl2N4O8/c34-24-25(35)29(40)39(38-26(24)22(16-36)17-37)30-28(47-33(43)21-14-8-3-9-15-21)27(46-32(42)20-12-6-2-7-13-20)23(45-30)18-44-31(41)19-10-4-1-5-11-19/h1-15,22-23,27-28,30H,18H2/t23-,27-,28-,30-/m1/s1. The summed E-state index contributed by atoms with van der Waals surface area (Å²) in [5.41, 5.74) is -0.923. The number of nitriles is 2. The number of carbonyl (C=O) groups is 3. The lowest BCUT2D eigenvalue weighted by atomic mass is 10.1. The second-order valence-corrected chi connectivity index (χ2v) is 10.7. The van der Waals surface area contributed by atoms with E-state index in [4.69, 9.17) is 42.1 Å². The van der Waals surface area contributed by atoms with Gasteiger partial charge in [0, 0.05) is 0 Å². The molecule has 0 N–H and O–H groups in total. The van der Waals surface area contributed by atoms with Crippen LogP contribution in [-0.2, 0) is 18.9 Å². The number of halogens is 2. The van der Waals surface area contributed by atoms with Gasteiger partial charge in [0.15, 0.2) is 24.4 Å². The highest BCUT2D eigenvalue weighted by Crippen LogP contribution is 2.36. The minimum atomic E-state index is -1.67. The maximum absolute atomic E-state index is 13.4. The first-order chi connectivity index (χ1) is 22.7. The Morgan fingerprint density at radius 3 is 1.72 bits per heavy atom. The maximum Gasteiger partial charge on any atom is 0.338 e. The third-order valence-electron chi connectivity index (χ3n) is 6.98. The number of ether oxygens (including phenoxy) is 4. The van der Waals surface area contributed by atoms with Crippen molar-refractivity contribution < 1.29 is 33.3 Å². The smallest absolute Gasteiger partial charge is 0.338 e. The third kappa shape index (κ3) is 7.16. The van der Waals surface area contributed by atoms with Crippen LogP contribution in [0.15, 0.2) is 95.8 Å². The Labute approximate surface area is 277 Å². The van der Waals surface area contributed by atoms with Gasteiger partial charge in [-0.25, -0.2) is 14.4 Å². The van der Waals surface area contributed by atoms with E-state index in [9.17, 15) is 29.7 Å². The van der Waals surface area contributed by atoms with E-state index < -0.39 is 70.6 Å². The number of aromatic nitrogens is 2. The minimum absolute atomic E-state index is 0.113. The van der Waals surface area contributed by atoms with E-state index in [-0.39, 0.29) is 22.4 Å². The van der Waals surface area contributed by atoms with Crippen molar-refractivity contribution >= 4 is 41.1 Å². The zero-order chi connectivity index (χ0) is 33.5. The Morgan fingerprint density at radius 2 is 1.23 bits per heavy atom. The van der Waals surface area contributed by atoms with Gasteiger partial charge in [-0.05, 0) is 36.4 Å². The summed E-state index contributed by atoms with van der Waals surface area (Å²) in [6.45, 7) is -0.529. The number of nitrogens with zero attached hydrogens (tertiary/aromatic N) is 4. The number of carbonyl (C=O) groups excluding carboxylic acids is 3. The fourth-order valence-electron chi connectivity index (χ4n) is 4.67. The van der Waals surface area contributed by atoms with Gasteiger partial charge in [0.25, 0.3) is 5.56 Å². The number of hydrogen-bond acceptors (Lipinski definition) is 11. The molecule has 0 radical (unpaired) electrons. The lowest BCUT2D eigenvalue weighted by Crippen LogP contribution is -2.43. The lowest BCUT2D eigenvalue weighted by Gasteiger charge is -2.25. The number of esters is 3. The van der Waals surface area contributed by atoms with Gasteiger partial charge in [-0.15, -0.1) is 0 Å². The maximum atomic E-state index is 13.4. The fourth-order valence-corrected chi connectivity index (χ4v) is 5.09. The largest absolute Gasteiger partial charge is 0.459 e. The molecular formula is C33H22Cl2N4O8.